The Hall–Kier alpha value is -2.15. The average Bonchev–Trinajstić information content (AvgIpc) is 2.28. The highest BCUT2D eigenvalue weighted by Gasteiger charge is 2.15. The second kappa shape index (κ2) is 5.26. The van der Waals surface area contributed by atoms with E-state index in [0.717, 1.165) is 17.1 Å². The van der Waals surface area contributed by atoms with E-state index in [4.69, 9.17) is 11.6 Å². The molecule has 92 valence electrons. The highest BCUT2D eigenvalue weighted by Crippen LogP contribution is 2.23. The monoisotopic (exact) mass is 240 g/mol. The summed E-state index contributed by atoms with van der Waals surface area (Å²) in [7, 11) is 0. The van der Waals surface area contributed by atoms with Gasteiger partial charge in [0.15, 0.2) is 0 Å². The van der Waals surface area contributed by atoms with E-state index in [0.29, 0.717) is 12.1 Å². The molecule has 0 aromatic heterocycles. The summed E-state index contributed by atoms with van der Waals surface area (Å²) in [5.41, 5.74) is 5.75. The second-order valence-electron chi connectivity index (χ2n) is 3.36. The molecule has 0 aliphatic heterocycles. The minimum atomic E-state index is -0.903. The molecule has 0 atom stereocenters. The van der Waals surface area contributed by atoms with Crippen LogP contribution in [0, 0.1) is 15.9 Å². The summed E-state index contributed by atoms with van der Waals surface area (Å²) in [6.07, 6.45) is 2.02. The number of nitro groups is 1. The summed E-state index contributed by atoms with van der Waals surface area (Å²) >= 11 is 0. The van der Waals surface area contributed by atoms with E-state index in [-0.39, 0.29) is 5.69 Å². The molecule has 7 heteroatoms. The molecule has 17 heavy (non-hydrogen) atoms. The van der Waals surface area contributed by atoms with Crippen LogP contribution in [0.25, 0.3) is 0 Å². The van der Waals surface area contributed by atoms with Gasteiger partial charge in [-0.15, -0.1) is 0 Å². The van der Waals surface area contributed by atoms with E-state index in [2.05, 4.69) is 0 Å². The fourth-order valence-electron chi connectivity index (χ4n) is 1.15. The van der Waals surface area contributed by atoms with Gasteiger partial charge in [0.25, 0.3) is 0 Å². The van der Waals surface area contributed by atoms with Gasteiger partial charge in [0.1, 0.15) is 0 Å². The number of rotatable bonds is 4. The van der Waals surface area contributed by atoms with Gasteiger partial charge in [-0.25, -0.2) is 5.84 Å². The number of halogens is 1. The van der Waals surface area contributed by atoms with Crippen LogP contribution in [-0.4, -0.2) is 4.92 Å². The van der Waals surface area contributed by atoms with Gasteiger partial charge in [-0.2, -0.15) is 4.39 Å². The summed E-state index contributed by atoms with van der Waals surface area (Å²) in [5.74, 6) is 4.72. The number of hydrazine groups is 1. The van der Waals surface area contributed by atoms with Crippen LogP contribution in [0.5, 0.6) is 0 Å². The Kier molecular flexibility index (Phi) is 4.00. The molecule has 0 aliphatic rings. The van der Waals surface area contributed by atoms with E-state index < -0.39 is 16.4 Å². The first-order valence-corrected chi connectivity index (χ1v) is 4.89. The van der Waals surface area contributed by atoms with Gasteiger partial charge in [0.05, 0.1) is 10.6 Å². The van der Waals surface area contributed by atoms with E-state index >= 15 is 0 Å². The maximum Gasteiger partial charge on any atom is 0.306 e. The molecule has 0 saturated carbocycles. The smallest absolute Gasteiger partial charge is 0.306 e. The molecule has 0 bridgehead atoms. The van der Waals surface area contributed by atoms with E-state index in [1.807, 2.05) is 6.92 Å². The third kappa shape index (κ3) is 3.15. The minimum absolute atomic E-state index is 0.287. The lowest BCUT2D eigenvalue weighted by Crippen LogP contribution is -2.26. The van der Waals surface area contributed by atoms with Crippen molar-refractivity contribution in [3.63, 3.8) is 0 Å². The molecule has 1 aromatic carbocycles. The molecule has 0 unspecified atom stereocenters. The molecule has 0 amide bonds. The van der Waals surface area contributed by atoms with Crippen LogP contribution < -0.4 is 16.6 Å². The molecular formula is C10H13FN4O2. The van der Waals surface area contributed by atoms with Crippen LogP contribution in [0.2, 0.25) is 0 Å². The average molecular weight is 240 g/mol. The maximum atomic E-state index is 13.1. The normalized spacial score (nSPS) is 11.4. The Morgan fingerprint density at radius 3 is 2.82 bits per heavy atom. The Bertz CT molecular complexity index is 462. The molecule has 6 nitrogen and oxygen atoms in total. The quantitative estimate of drug-likeness (QED) is 0.473. The van der Waals surface area contributed by atoms with E-state index in [1.165, 1.54) is 12.3 Å². The summed E-state index contributed by atoms with van der Waals surface area (Å²) < 4.78 is 13.1. The molecule has 0 spiro atoms. The first-order chi connectivity index (χ1) is 7.95. The lowest BCUT2D eigenvalue weighted by atomic mass is 10.2. The maximum absolute atomic E-state index is 13.1. The van der Waals surface area contributed by atoms with Crippen molar-refractivity contribution in [1.82, 2.24) is 0 Å². The van der Waals surface area contributed by atoms with Gasteiger partial charge in [0, 0.05) is 18.0 Å². The number of anilines is 1. The molecule has 0 fully saturated rings. The zero-order valence-electron chi connectivity index (χ0n) is 9.26. The van der Waals surface area contributed by atoms with E-state index in [9.17, 15) is 14.5 Å². The number of nitrogens with two attached hydrogens (primary N) is 2. The molecule has 0 radical (unpaired) electrons. The summed E-state index contributed by atoms with van der Waals surface area (Å²) in [6, 6.07) is 3.37. The SMILES string of the molecule is CC/C(N)=C/N(N)c1ccc(F)c([N+](=O)[O-])c1. The first kappa shape index (κ1) is 12.9. The number of nitro benzene ring substituents is 1. The minimum Gasteiger partial charge on any atom is -0.401 e. The van der Waals surface area contributed by atoms with Crippen molar-refractivity contribution >= 4 is 11.4 Å². The van der Waals surface area contributed by atoms with Crippen molar-refractivity contribution in [3.8, 4) is 0 Å². The summed E-state index contributed by atoms with van der Waals surface area (Å²) in [4.78, 5) is 9.74. The van der Waals surface area contributed by atoms with Crippen molar-refractivity contribution in [2.45, 2.75) is 13.3 Å². The highest BCUT2D eigenvalue weighted by atomic mass is 19.1. The third-order valence-electron chi connectivity index (χ3n) is 2.14. The van der Waals surface area contributed by atoms with Gasteiger partial charge in [-0.1, -0.05) is 6.92 Å². The Labute approximate surface area is 97.4 Å². The number of nitrogens with zero attached hydrogens (tertiary/aromatic N) is 2. The van der Waals surface area contributed by atoms with Crippen LogP contribution in [0.4, 0.5) is 15.8 Å². The lowest BCUT2D eigenvalue weighted by Gasteiger charge is -2.14. The van der Waals surface area contributed by atoms with Crippen LogP contribution >= 0.6 is 0 Å². The molecule has 1 aromatic rings. The topological polar surface area (TPSA) is 98.4 Å². The summed E-state index contributed by atoms with van der Waals surface area (Å²) in [5, 5.41) is 11.7. The van der Waals surface area contributed by atoms with Crippen LogP contribution in [-0.2, 0) is 0 Å². The van der Waals surface area contributed by atoms with Gasteiger partial charge in [0.2, 0.25) is 5.82 Å². The zero-order chi connectivity index (χ0) is 13.0. The standard InChI is InChI=1S/C10H13FN4O2/c1-2-7(12)6-14(13)8-3-4-9(11)10(5-8)15(16)17/h3-6H,2,12-13H2,1H3/b7-6-. The van der Waals surface area contributed by atoms with Crippen molar-refractivity contribution in [2.24, 2.45) is 11.6 Å². The number of benzene rings is 1. The Balaban J connectivity index is 3.08. The van der Waals surface area contributed by atoms with Gasteiger partial charge in [-0.3, -0.25) is 15.1 Å². The summed E-state index contributed by atoms with van der Waals surface area (Å²) in [6.45, 7) is 1.84. The Morgan fingerprint density at radius 2 is 2.29 bits per heavy atom. The third-order valence-corrected chi connectivity index (χ3v) is 2.14. The van der Waals surface area contributed by atoms with Crippen molar-refractivity contribution in [2.75, 3.05) is 5.01 Å². The van der Waals surface area contributed by atoms with Crippen LogP contribution in [0.1, 0.15) is 13.3 Å². The largest absolute Gasteiger partial charge is 0.401 e. The Morgan fingerprint density at radius 1 is 1.65 bits per heavy atom. The molecule has 0 aliphatic carbocycles. The molecular weight excluding hydrogens is 227 g/mol. The van der Waals surface area contributed by atoms with Gasteiger partial charge in [-0.05, 0) is 18.6 Å². The van der Waals surface area contributed by atoms with Gasteiger partial charge >= 0.3 is 5.69 Å². The van der Waals surface area contributed by atoms with Crippen LogP contribution in [0.3, 0.4) is 0 Å². The second-order valence-corrected chi connectivity index (χ2v) is 3.36. The number of hydrogen-bond donors (Lipinski definition) is 2. The van der Waals surface area contributed by atoms with Crippen LogP contribution in [0.15, 0.2) is 30.1 Å². The highest BCUT2D eigenvalue weighted by molar-refractivity contribution is 5.54. The van der Waals surface area contributed by atoms with Gasteiger partial charge < -0.3 is 5.73 Å². The lowest BCUT2D eigenvalue weighted by molar-refractivity contribution is -0.387. The van der Waals surface area contributed by atoms with Crippen molar-refractivity contribution < 1.29 is 9.31 Å². The number of allylic oxidation sites excluding steroid dienone is 1. The predicted molar refractivity (Wildman–Crippen MR) is 62.3 cm³/mol. The molecule has 0 saturated heterocycles. The fourth-order valence-corrected chi connectivity index (χ4v) is 1.15. The number of hydrogen-bond acceptors (Lipinski definition) is 5. The van der Waals surface area contributed by atoms with Crippen molar-refractivity contribution in [1.29, 1.82) is 0 Å². The van der Waals surface area contributed by atoms with Crippen molar-refractivity contribution in [3.05, 3.63) is 46.0 Å². The van der Waals surface area contributed by atoms with E-state index in [1.54, 1.807) is 0 Å². The first-order valence-electron chi connectivity index (χ1n) is 4.89. The fraction of sp³-hybridized carbons (Fsp3) is 0.200. The molecule has 1 rings (SSSR count). The molecule has 0 heterocycles. The zero-order valence-corrected chi connectivity index (χ0v) is 9.26. The predicted octanol–water partition coefficient (Wildman–Crippen LogP) is 1.62. The molecule has 4 N–H and O–H groups in total.